The number of carbonyl (C=O) groups is 1. The topological polar surface area (TPSA) is 64.1 Å². The summed E-state index contributed by atoms with van der Waals surface area (Å²) in [5, 5.41) is 2.91. The highest BCUT2D eigenvalue weighted by Gasteiger charge is 2.06. The maximum absolute atomic E-state index is 11.4. The van der Waals surface area contributed by atoms with Crippen molar-refractivity contribution in [3.63, 3.8) is 0 Å². The molecule has 4 heteroatoms. The van der Waals surface area contributed by atoms with Crippen molar-refractivity contribution in [1.29, 1.82) is 0 Å². The Labute approximate surface area is 105 Å². The summed E-state index contributed by atoms with van der Waals surface area (Å²) in [6.07, 6.45) is 2.86. The van der Waals surface area contributed by atoms with Gasteiger partial charge in [0, 0.05) is 11.3 Å². The van der Waals surface area contributed by atoms with E-state index in [1.807, 2.05) is 0 Å². The molecule has 0 aromatic heterocycles. The van der Waals surface area contributed by atoms with Crippen LogP contribution in [0, 0.1) is 0 Å². The zero-order valence-electron chi connectivity index (χ0n) is 10.9. The summed E-state index contributed by atoms with van der Waals surface area (Å²) < 4.78 is 0. The fraction of sp³-hybridized carbons (Fsp3) is 0.583. The lowest BCUT2D eigenvalue weighted by atomic mass is 10.1. The third-order valence-corrected chi connectivity index (χ3v) is 2.29. The minimum atomic E-state index is -0.0683. The quantitative estimate of drug-likeness (QED) is 0.728. The lowest BCUT2D eigenvalue weighted by molar-refractivity contribution is -0.116. The van der Waals surface area contributed by atoms with E-state index in [0.29, 0.717) is 5.57 Å². The summed E-state index contributed by atoms with van der Waals surface area (Å²) in [4.78, 5) is 11.4. The molecule has 3 nitrogen and oxygen atoms in total. The number of amides is 1. The molecule has 0 unspecified atom stereocenters. The third kappa shape index (κ3) is 6.64. The highest BCUT2D eigenvalue weighted by molar-refractivity contribution is 5.93. The van der Waals surface area contributed by atoms with Crippen LogP contribution >= 0.6 is 12.4 Å². The molecule has 1 amide bonds. The fourth-order valence-electron chi connectivity index (χ4n) is 1.35. The van der Waals surface area contributed by atoms with Crippen molar-refractivity contribution in [2.24, 2.45) is 0 Å². The first-order valence-corrected chi connectivity index (χ1v) is 5.24. The van der Waals surface area contributed by atoms with E-state index in [2.05, 4.69) is 32.7 Å². The van der Waals surface area contributed by atoms with E-state index in [1.165, 1.54) is 5.57 Å². The number of hydrogen-bond acceptors (Lipinski definition) is 2. The van der Waals surface area contributed by atoms with Gasteiger partial charge in [0.2, 0.25) is 5.91 Å². The fourth-order valence-corrected chi connectivity index (χ4v) is 1.35. The molecule has 0 aliphatic heterocycles. The van der Waals surface area contributed by atoms with E-state index in [-0.39, 0.29) is 24.5 Å². The van der Waals surface area contributed by atoms with Gasteiger partial charge in [-0.2, -0.15) is 0 Å². The van der Waals surface area contributed by atoms with Gasteiger partial charge < -0.3 is 11.5 Å². The monoisotopic (exact) mass is 248 g/mol. The lowest BCUT2D eigenvalue weighted by Crippen LogP contribution is -2.24. The van der Waals surface area contributed by atoms with Crippen LogP contribution in [0.1, 0.15) is 47.0 Å². The van der Waals surface area contributed by atoms with E-state index in [9.17, 15) is 4.79 Å². The minimum absolute atomic E-state index is 0. The molecule has 0 saturated heterocycles. The van der Waals surface area contributed by atoms with Crippen LogP contribution in [-0.4, -0.2) is 5.91 Å². The van der Waals surface area contributed by atoms with E-state index in [4.69, 9.17) is 0 Å². The van der Waals surface area contributed by atoms with Gasteiger partial charge in [-0.15, -0.1) is 12.4 Å². The largest absolute Gasteiger partial charge is 0.344 e. The van der Waals surface area contributed by atoms with Crippen LogP contribution in [0.25, 0.3) is 0 Å². The molecular formula is C12H25ClN2O. The van der Waals surface area contributed by atoms with E-state index >= 15 is 0 Å². The average Bonchev–Trinajstić information content (AvgIpc) is 2.17. The Balaban J connectivity index is -0.000000845. The number of carbonyl (C=O) groups excluding carboxylic acids is 1. The second-order valence-corrected chi connectivity index (χ2v) is 3.38. The van der Waals surface area contributed by atoms with Crippen LogP contribution in [0.4, 0.5) is 0 Å². The van der Waals surface area contributed by atoms with Crippen molar-refractivity contribution in [2.75, 3.05) is 0 Å². The van der Waals surface area contributed by atoms with Gasteiger partial charge in [-0.3, -0.25) is 4.79 Å². The first kappa shape index (κ1) is 20.6. The van der Waals surface area contributed by atoms with Crippen LogP contribution in [0.2, 0.25) is 0 Å². The van der Waals surface area contributed by atoms with E-state index < -0.39 is 0 Å². The van der Waals surface area contributed by atoms with Gasteiger partial charge in [-0.1, -0.05) is 32.9 Å². The molecule has 0 atom stereocenters. The number of nitrogens with one attached hydrogen (secondary N) is 1. The van der Waals surface area contributed by atoms with Crippen molar-refractivity contribution in [3.05, 3.63) is 23.4 Å². The Hall–Kier alpha value is -0.800. The van der Waals surface area contributed by atoms with Crippen molar-refractivity contribution in [2.45, 2.75) is 47.0 Å². The van der Waals surface area contributed by atoms with Gasteiger partial charge >= 0.3 is 0 Å². The van der Waals surface area contributed by atoms with E-state index in [0.717, 1.165) is 25.0 Å². The van der Waals surface area contributed by atoms with Gasteiger partial charge in [0.05, 0.1) is 0 Å². The number of allylic oxidation sites excluding steroid dienone is 2. The number of rotatable bonds is 5. The Morgan fingerprint density at radius 2 is 1.56 bits per heavy atom. The molecule has 0 radical (unpaired) electrons. The molecule has 0 aliphatic carbocycles. The third-order valence-electron chi connectivity index (χ3n) is 2.29. The molecule has 0 aromatic carbocycles. The predicted octanol–water partition coefficient (Wildman–Crippen LogP) is 3.75. The first-order valence-electron chi connectivity index (χ1n) is 5.24. The molecule has 0 bridgehead atoms. The van der Waals surface area contributed by atoms with Gasteiger partial charge in [0.1, 0.15) is 0 Å². The Bertz CT molecular complexity index is 254. The smallest absolute Gasteiger partial charge is 0.250 e. The standard InChI is InChI=1S/C12H21NO.ClH.H3N/c1-6-10(7-2)11(8-3)13-12(14)9(4)5;;/h4,6-8H2,1-3,5H3,(H,13,14);1H;1H3. The second-order valence-electron chi connectivity index (χ2n) is 3.38. The molecule has 0 heterocycles. The summed E-state index contributed by atoms with van der Waals surface area (Å²) >= 11 is 0. The van der Waals surface area contributed by atoms with Gasteiger partial charge in [0.25, 0.3) is 0 Å². The molecule has 0 aromatic rings. The maximum Gasteiger partial charge on any atom is 0.250 e. The molecule has 96 valence electrons. The van der Waals surface area contributed by atoms with Crippen LogP contribution < -0.4 is 11.5 Å². The SMILES string of the molecule is C=C(C)C(=O)NC(CC)=C(CC)CC.Cl.N. The zero-order chi connectivity index (χ0) is 11.1. The summed E-state index contributed by atoms with van der Waals surface area (Å²) in [7, 11) is 0. The highest BCUT2D eigenvalue weighted by Crippen LogP contribution is 2.13. The van der Waals surface area contributed by atoms with E-state index in [1.54, 1.807) is 6.92 Å². The van der Waals surface area contributed by atoms with Gasteiger partial charge in [-0.25, -0.2) is 0 Å². The van der Waals surface area contributed by atoms with Crippen LogP contribution in [0.3, 0.4) is 0 Å². The summed E-state index contributed by atoms with van der Waals surface area (Å²) in [5.74, 6) is -0.0683. The Morgan fingerprint density at radius 1 is 1.12 bits per heavy atom. The average molecular weight is 249 g/mol. The van der Waals surface area contributed by atoms with Gasteiger partial charge in [0.15, 0.2) is 0 Å². The Morgan fingerprint density at radius 3 is 1.81 bits per heavy atom. The molecule has 0 rings (SSSR count). The van der Waals surface area contributed by atoms with Crippen LogP contribution in [0.5, 0.6) is 0 Å². The molecule has 16 heavy (non-hydrogen) atoms. The second kappa shape index (κ2) is 10.7. The summed E-state index contributed by atoms with van der Waals surface area (Å²) in [6.45, 7) is 11.6. The molecule has 0 fully saturated rings. The molecule has 0 aliphatic rings. The number of halogens is 1. The summed E-state index contributed by atoms with van der Waals surface area (Å²) in [6, 6.07) is 0. The summed E-state index contributed by atoms with van der Waals surface area (Å²) in [5.41, 5.74) is 2.94. The maximum atomic E-state index is 11.4. The molecule has 0 saturated carbocycles. The first-order chi connectivity index (χ1) is 6.56. The van der Waals surface area contributed by atoms with Crippen molar-refractivity contribution in [3.8, 4) is 0 Å². The van der Waals surface area contributed by atoms with Crippen molar-refractivity contribution < 1.29 is 4.79 Å². The van der Waals surface area contributed by atoms with Crippen molar-refractivity contribution >= 4 is 18.3 Å². The minimum Gasteiger partial charge on any atom is -0.344 e. The predicted molar refractivity (Wildman–Crippen MR) is 73.1 cm³/mol. The molecular weight excluding hydrogens is 224 g/mol. The zero-order valence-corrected chi connectivity index (χ0v) is 11.7. The lowest BCUT2D eigenvalue weighted by Gasteiger charge is -2.12. The van der Waals surface area contributed by atoms with Gasteiger partial charge in [-0.05, 0) is 26.2 Å². The number of hydrogen-bond donors (Lipinski definition) is 2. The Kier molecular flexibility index (Phi) is 13.8. The molecule has 0 spiro atoms. The van der Waals surface area contributed by atoms with Crippen molar-refractivity contribution in [1.82, 2.24) is 11.5 Å². The normalized spacial score (nSPS) is 8.25. The highest BCUT2D eigenvalue weighted by atomic mass is 35.5. The van der Waals surface area contributed by atoms with Crippen LogP contribution in [0.15, 0.2) is 23.4 Å². The van der Waals surface area contributed by atoms with Crippen LogP contribution in [-0.2, 0) is 4.79 Å². The molecule has 4 N–H and O–H groups in total.